The van der Waals surface area contributed by atoms with Crippen LogP contribution in [0.1, 0.15) is 18.1 Å². The highest BCUT2D eigenvalue weighted by atomic mass is 19.1. The van der Waals surface area contributed by atoms with E-state index in [-0.39, 0.29) is 12.1 Å². The van der Waals surface area contributed by atoms with Crippen molar-refractivity contribution in [1.29, 1.82) is 0 Å². The third-order valence-corrected chi connectivity index (χ3v) is 3.08. The monoisotopic (exact) mass is 274 g/mol. The summed E-state index contributed by atoms with van der Waals surface area (Å²) in [5.41, 5.74) is 1.76. The summed E-state index contributed by atoms with van der Waals surface area (Å²) in [6, 6.07) is 11.9. The van der Waals surface area contributed by atoms with Crippen LogP contribution in [0.4, 0.5) is 4.39 Å². The lowest BCUT2D eigenvalue weighted by Crippen LogP contribution is -2.33. The highest BCUT2D eigenvalue weighted by Gasteiger charge is 2.16. The molecular weight excluding hydrogens is 258 g/mol. The van der Waals surface area contributed by atoms with E-state index in [4.69, 9.17) is 14.8 Å². The Kier molecular flexibility index (Phi) is 4.77. The SMILES string of the molecule is CCc1ccc(OCc2ccc(F)c(B(O)O)c2)cc1. The second kappa shape index (κ2) is 6.54. The van der Waals surface area contributed by atoms with Gasteiger partial charge >= 0.3 is 7.12 Å². The number of hydrogen-bond donors (Lipinski definition) is 2. The average molecular weight is 274 g/mol. The zero-order chi connectivity index (χ0) is 14.5. The van der Waals surface area contributed by atoms with Gasteiger partial charge in [-0.15, -0.1) is 0 Å². The fraction of sp³-hybridized carbons (Fsp3) is 0.200. The van der Waals surface area contributed by atoms with Crippen molar-refractivity contribution in [3.8, 4) is 5.75 Å². The summed E-state index contributed by atoms with van der Waals surface area (Å²) in [5.74, 6) is 0.0775. The molecule has 104 valence electrons. The number of hydrogen-bond acceptors (Lipinski definition) is 3. The predicted octanol–water partition coefficient (Wildman–Crippen LogP) is 1.65. The average Bonchev–Trinajstić information content (AvgIpc) is 2.46. The molecule has 0 fully saturated rings. The summed E-state index contributed by atoms with van der Waals surface area (Å²) in [6.45, 7) is 2.32. The van der Waals surface area contributed by atoms with E-state index in [1.165, 1.54) is 17.7 Å². The van der Waals surface area contributed by atoms with Gasteiger partial charge in [0.1, 0.15) is 18.2 Å². The van der Waals surface area contributed by atoms with Gasteiger partial charge in [-0.1, -0.05) is 31.2 Å². The Labute approximate surface area is 117 Å². The predicted molar refractivity (Wildman–Crippen MR) is 76.4 cm³/mol. The van der Waals surface area contributed by atoms with Crippen molar-refractivity contribution >= 4 is 12.6 Å². The van der Waals surface area contributed by atoms with Crippen molar-refractivity contribution in [2.45, 2.75) is 20.0 Å². The molecule has 0 aliphatic rings. The molecule has 2 N–H and O–H groups in total. The fourth-order valence-electron chi connectivity index (χ4n) is 1.87. The molecule has 5 heteroatoms. The van der Waals surface area contributed by atoms with Gasteiger partial charge in [0.25, 0.3) is 0 Å². The van der Waals surface area contributed by atoms with Gasteiger partial charge in [-0.05, 0) is 35.7 Å². The van der Waals surface area contributed by atoms with Gasteiger partial charge in [-0.25, -0.2) is 4.39 Å². The molecule has 0 unspecified atom stereocenters. The lowest BCUT2D eigenvalue weighted by molar-refractivity contribution is 0.306. The summed E-state index contributed by atoms with van der Waals surface area (Å²) >= 11 is 0. The van der Waals surface area contributed by atoms with Crippen LogP contribution in [0.3, 0.4) is 0 Å². The van der Waals surface area contributed by atoms with Crippen LogP contribution in [0.2, 0.25) is 0 Å². The van der Waals surface area contributed by atoms with Crippen LogP contribution in [-0.2, 0) is 13.0 Å². The van der Waals surface area contributed by atoms with Gasteiger partial charge in [-0.2, -0.15) is 0 Å². The molecule has 0 spiro atoms. The number of benzene rings is 2. The Morgan fingerprint density at radius 3 is 2.30 bits per heavy atom. The van der Waals surface area contributed by atoms with E-state index >= 15 is 0 Å². The van der Waals surface area contributed by atoms with Gasteiger partial charge in [-0.3, -0.25) is 0 Å². The first-order valence-corrected chi connectivity index (χ1v) is 6.46. The van der Waals surface area contributed by atoms with Crippen molar-refractivity contribution in [3.63, 3.8) is 0 Å². The summed E-state index contributed by atoms with van der Waals surface area (Å²) in [5, 5.41) is 18.1. The topological polar surface area (TPSA) is 49.7 Å². The first-order chi connectivity index (χ1) is 9.60. The second-order valence-corrected chi connectivity index (χ2v) is 4.52. The zero-order valence-electron chi connectivity index (χ0n) is 11.2. The van der Waals surface area contributed by atoms with Gasteiger partial charge in [0.15, 0.2) is 0 Å². The number of rotatable bonds is 5. The standard InChI is InChI=1S/C15H16BFO3/c1-2-11-3-6-13(7-4-11)20-10-12-5-8-15(17)14(9-12)16(18)19/h3-9,18-19H,2,10H2,1H3. The number of aryl methyl sites for hydroxylation is 1. The van der Waals surface area contributed by atoms with E-state index in [1.54, 1.807) is 6.07 Å². The lowest BCUT2D eigenvalue weighted by Gasteiger charge is -2.09. The minimum atomic E-state index is -1.82. The first-order valence-electron chi connectivity index (χ1n) is 6.46. The van der Waals surface area contributed by atoms with Gasteiger partial charge in [0, 0.05) is 5.46 Å². The quantitative estimate of drug-likeness (QED) is 0.815. The van der Waals surface area contributed by atoms with E-state index in [1.807, 2.05) is 24.3 Å². The van der Waals surface area contributed by atoms with E-state index in [0.717, 1.165) is 12.2 Å². The Hall–Kier alpha value is -1.85. The third kappa shape index (κ3) is 3.59. The molecule has 2 aromatic rings. The number of halogens is 1. The summed E-state index contributed by atoms with van der Waals surface area (Å²) in [6.07, 6.45) is 0.968. The minimum absolute atomic E-state index is 0.146. The van der Waals surface area contributed by atoms with Gasteiger partial charge in [0.2, 0.25) is 0 Å². The summed E-state index contributed by atoms with van der Waals surface area (Å²) < 4.78 is 18.9. The van der Waals surface area contributed by atoms with E-state index in [0.29, 0.717) is 5.56 Å². The van der Waals surface area contributed by atoms with Crippen LogP contribution in [0.15, 0.2) is 42.5 Å². The third-order valence-electron chi connectivity index (χ3n) is 3.08. The molecule has 2 rings (SSSR count). The first kappa shape index (κ1) is 14.6. The summed E-state index contributed by atoms with van der Waals surface area (Å²) in [7, 11) is -1.82. The highest BCUT2D eigenvalue weighted by molar-refractivity contribution is 6.58. The van der Waals surface area contributed by atoms with Crippen LogP contribution >= 0.6 is 0 Å². The van der Waals surface area contributed by atoms with Crippen molar-refractivity contribution in [2.75, 3.05) is 0 Å². The maximum absolute atomic E-state index is 13.3. The van der Waals surface area contributed by atoms with Gasteiger partial charge < -0.3 is 14.8 Å². The Bertz CT molecular complexity index is 570. The lowest BCUT2D eigenvalue weighted by atomic mass is 9.79. The molecule has 0 aromatic heterocycles. The van der Waals surface area contributed by atoms with Crippen molar-refractivity contribution in [3.05, 3.63) is 59.4 Å². The van der Waals surface area contributed by atoms with Crippen molar-refractivity contribution in [1.82, 2.24) is 0 Å². The molecule has 2 aromatic carbocycles. The molecule has 0 atom stereocenters. The normalized spacial score (nSPS) is 10.4. The Balaban J connectivity index is 2.04. The molecule has 0 amide bonds. The highest BCUT2D eigenvalue weighted by Crippen LogP contribution is 2.14. The fourth-order valence-corrected chi connectivity index (χ4v) is 1.87. The van der Waals surface area contributed by atoms with E-state index in [2.05, 4.69) is 6.92 Å². The molecule has 20 heavy (non-hydrogen) atoms. The van der Waals surface area contributed by atoms with Crippen LogP contribution in [0.5, 0.6) is 5.75 Å². The Morgan fingerprint density at radius 1 is 1.05 bits per heavy atom. The van der Waals surface area contributed by atoms with E-state index in [9.17, 15) is 4.39 Å². The molecule has 0 aliphatic heterocycles. The zero-order valence-corrected chi connectivity index (χ0v) is 11.2. The largest absolute Gasteiger partial charge is 0.491 e. The maximum atomic E-state index is 13.3. The molecule has 0 saturated carbocycles. The molecule has 0 saturated heterocycles. The molecule has 0 aliphatic carbocycles. The number of ether oxygens (including phenoxy) is 1. The molecule has 0 radical (unpaired) electrons. The van der Waals surface area contributed by atoms with Crippen LogP contribution in [-0.4, -0.2) is 17.2 Å². The molecular formula is C15H16BFO3. The molecule has 3 nitrogen and oxygen atoms in total. The summed E-state index contributed by atoms with van der Waals surface area (Å²) in [4.78, 5) is 0. The molecule has 0 bridgehead atoms. The Morgan fingerprint density at radius 2 is 1.70 bits per heavy atom. The maximum Gasteiger partial charge on any atom is 0.491 e. The van der Waals surface area contributed by atoms with Crippen LogP contribution < -0.4 is 10.2 Å². The van der Waals surface area contributed by atoms with Crippen molar-refractivity contribution in [2.24, 2.45) is 0 Å². The van der Waals surface area contributed by atoms with Crippen LogP contribution in [0.25, 0.3) is 0 Å². The minimum Gasteiger partial charge on any atom is -0.489 e. The van der Waals surface area contributed by atoms with Crippen molar-refractivity contribution < 1.29 is 19.2 Å². The smallest absolute Gasteiger partial charge is 0.489 e. The van der Waals surface area contributed by atoms with E-state index < -0.39 is 12.9 Å². The van der Waals surface area contributed by atoms with Crippen LogP contribution in [0, 0.1) is 5.82 Å². The second-order valence-electron chi connectivity index (χ2n) is 4.52. The van der Waals surface area contributed by atoms with Gasteiger partial charge in [0.05, 0.1) is 0 Å². The molecule has 0 heterocycles.